The van der Waals surface area contributed by atoms with Crippen molar-refractivity contribution in [2.75, 3.05) is 25.0 Å². The minimum atomic E-state index is -2.93. The van der Waals surface area contributed by atoms with E-state index in [0.29, 0.717) is 29.7 Å². The number of aromatic nitrogens is 2. The lowest BCUT2D eigenvalue weighted by atomic mass is 9.85. The summed E-state index contributed by atoms with van der Waals surface area (Å²) in [5.74, 6) is -2.73. The number of carbonyl (C=O) groups excluding carboxylic acids is 1. The van der Waals surface area contributed by atoms with Crippen molar-refractivity contribution in [1.29, 1.82) is 0 Å². The van der Waals surface area contributed by atoms with Gasteiger partial charge in [0.25, 0.3) is 5.92 Å². The number of nitrogens with zero attached hydrogens (tertiary/aromatic N) is 2. The average molecular weight is 477 g/mol. The highest BCUT2D eigenvalue weighted by molar-refractivity contribution is 5.96. The SMILES string of the molecule is CC.CC(C)(C(=O)Nc1ccc(OCC2CC2)cn1)N1CCC(F)(F)C(c2ccc(=O)[nH]c2)C1. The molecule has 2 aliphatic rings. The summed E-state index contributed by atoms with van der Waals surface area (Å²) in [6, 6.07) is 6.09. The van der Waals surface area contributed by atoms with Gasteiger partial charge in [0.05, 0.1) is 24.3 Å². The predicted molar refractivity (Wildman–Crippen MR) is 127 cm³/mol. The van der Waals surface area contributed by atoms with Crippen LogP contribution < -0.4 is 15.6 Å². The average Bonchev–Trinajstić information content (AvgIpc) is 3.65. The number of H-pyrrole nitrogens is 1. The lowest BCUT2D eigenvalue weighted by Gasteiger charge is -2.45. The minimum absolute atomic E-state index is 0.0131. The maximum absolute atomic E-state index is 14.7. The van der Waals surface area contributed by atoms with Gasteiger partial charge in [0, 0.05) is 31.8 Å². The lowest BCUT2D eigenvalue weighted by molar-refractivity contribution is -0.134. The molecule has 2 N–H and O–H groups in total. The van der Waals surface area contributed by atoms with E-state index in [9.17, 15) is 18.4 Å². The number of piperidine rings is 1. The first-order valence-corrected chi connectivity index (χ1v) is 11.9. The van der Waals surface area contributed by atoms with Crippen LogP contribution in [-0.4, -0.2) is 51.9 Å². The largest absolute Gasteiger partial charge is 0.492 e. The molecule has 2 aromatic heterocycles. The summed E-state index contributed by atoms with van der Waals surface area (Å²) in [7, 11) is 0. The molecule has 1 saturated heterocycles. The second kappa shape index (κ2) is 10.6. The Bertz CT molecular complexity index is 999. The highest BCUT2D eigenvalue weighted by Crippen LogP contribution is 2.41. The Labute approximate surface area is 198 Å². The molecule has 9 heteroatoms. The Morgan fingerprint density at radius 1 is 1.26 bits per heavy atom. The number of likely N-dealkylation sites (tertiary alicyclic amines) is 1. The molecule has 34 heavy (non-hydrogen) atoms. The van der Waals surface area contributed by atoms with Gasteiger partial charge >= 0.3 is 0 Å². The predicted octanol–water partition coefficient (Wildman–Crippen LogP) is 4.43. The quantitative estimate of drug-likeness (QED) is 0.618. The number of rotatable bonds is 7. The van der Waals surface area contributed by atoms with Gasteiger partial charge in [-0.15, -0.1) is 0 Å². The van der Waals surface area contributed by atoms with Gasteiger partial charge in [-0.3, -0.25) is 14.5 Å². The summed E-state index contributed by atoms with van der Waals surface area (Å²) in [5.41, 5.74) is -1.04. The zero-order chi connectivity index (χ0) is 24.9. The Kier molecular flexibility index (Phi) is 8.07. The third-order valence-electron chi connectivity index (χ3n) is 6.35. The topological polar surface area (TPSA) is 87.3 Å². The summed E-state index contributed by atoms with van der Waals surface area (Å²) in [4.78, 5) is 32.8. The van der Waals surface area contributed by atoms with Gasteiger partial charge in [-0.2, -0.15) is 0 Å². The molecule has 186 valence electrons. The standard InChI is InChI=1S/C23H28F2N4O3.C2H6/c1-22(2,21(31)28-19-7-6-17(12-26-19)32-14-15-3-4-15)29-10-9-23(24,25)18(13-29)16-5-8-20(30)27-11-16;1-2/h5-8,11-12,15,18H,3-4,9-10,13-14H2,1-2H3,(H,27,30)(H,26,28,31);1-2H3. The van der Waals surface area contributed by atoms with Gasteiger partial charge in [-0.1, -0.05) is 19.9 Å². The summed E-state index contributed by atoms with van der Waals surface area (Å²) in [6.45, 7) is 8.16. The molecule has 0 bridgehead atoms. The molecule has 3 heterocycles. The van der Waals surface area contributed by atoms with Gasteiger partial charge in [-0.05, 0) is 50.3 Å². The van der Waals surface area contributed by atoms with Crippen molar-refractivity contribution in [3.8, 4) is 5.75 Å². The van der Waals surface area contributed by atoms with Gasteiger partial charge < -0.3 is 15.0 Å². The summed E-state index contributed by atoms with van der Waals surface area (Å²) in [6.07, 6.45) is 4.91. The zero-order valence-corrected chi connectivity index (χ0v) is 20.2. The van der Waals surface area contributed by atoms with E-state index in [-0.39, 0.29) is 31.0 Å². The smallest absolute Gasteiger partial charge is 0.257 e. The number of anilines is 1. The van der Waals surface area contributed by atoms with Crippen LogP contribution in [0.3, 0.4) is 0 Å². The maximum atomic E-state index is 14.7. The molecule has 1 saturated carbocycles. The third-order valence-corrected chi connectivity index (χ3v) is 6.35. The number of aromatic amines is 1. The van der Waals surface area contributed by atoms with Crippen LogP contribution in [0.1, 0.15) is 58.4 Å². The highest BCUT2D eigenvalue weighted by atomic mass is 19.3. The van der Waals surface area contributed by atoms with Crippen LogP contribution in [0.15, 0.2) is 41.5 Å². The molecule has 1 atom stereocenters. The lowest BCUT2D eigenvalue weighted by Crippen LogP contribution is -2.58. The number of pyridine rings is 2. The van der Waals surface area contributed by atoms with Gasteiger partial charge in [0.1, 0.15) is 11.6 Å². The van der Waals surface area contributed by atoms with Crippen LogP contribution in [0.5, 0.6) is 5.75 Å². The number of nitrogens with one attached hydrogen (secondary N) is 2. The molecule has 0 spiro atoms. The first-order chi connectivity index (χ1) is 16.1. The molecular formula is C25H34F2N4O3. The first kappa shape index (κ1) is 25.8. The molecule has 2 fully saturated rings. The molecule has 1 amide bonds. The number of halogens is 2. The third kappa shape index (κ3) is 6.20. The van der Waals surface area contributed by atoms with E-state index in [1.165, 1.54) is 31.2 Å². The Morgan fingerprint density at radius 2 is 2.00 bits per heavy atom. The van der Waals surface area contributed by atoms with E-state index in [1.54, 1.807) is 37.1 Å². The van der Waals surface area contributed by atoms with Gasteiger partial charge in [-0.25, -0.2) is 13.8 Å². The summed E-state index contributed by atoms with van der Waals surface area (Å²) < 4.78 is 35.0. The highest BCUT2D eigenvalue weighted by Gasteiger charge is 2.49. The molecule has 1 aliphatic carbocycles. The van der Waals surface area contributed by atoms with Gasteiger partial charge in [0.15, 0.2) is 0 Å². The molecule has 2 aromatic rings. The Hall–Kier alpha value is -2.81. The number of amides is 1. The number of ether oxygens (including phenoxy) is 1. The van der Waals surface area contributed by atoms with Crippen molar-refractivity contribution >= 4 is 11.7 Å². The Morgan fingerprint density at radius 3 is 2.59 bits per heavy atom. The van der Waals surface area contributed by atoms with Gasteiger partial charge in [0.2, 0.25) is 11.5 Å². The van der Waals surface area contributed by atoms with Crippen LogP contribution in [0.4, 0.5) is 14.6 Å². The first-order valence-electron chi connectivity index (χ1n) is 11.9. The number of carbonyl (C=O) groups is 1. The normalized spacial score (nSPS) is 20.1. The van der Waals surface area contributed by atoms with Crippen LogP contribution in [0.25, 0.3) is 0 Å². The molecule has 0 aromatic carbocycles. The van der Waals surface area contributed by atoms with Crippen molar-refractivity contribution < 1.29 is 18.3 Å². The monoisotopic (exact) mass is 476 g/mol. The molecule has 1 unspecified atom stereocenters. The number of hydrogen-bond acceptors (Lipinski definition) is 5. The van der Waals surface area contributed by atoms with Crippen molar-refractivity contribution in [2.24, 2.45) is 5.92 Å². The van der Waals surface area contributed by atoms with Crippen molar-refractivity contribution in [3.05, 3.63) is 52.6 Å². The molecule has 4 rings (SSSR count). The van der Waals surface area contributed by atoms with E-state index in [0.717, 1.165) is 0 Å². The van der Waals surface area contributed by atoms with Crippen molar-refractivity contribution in [3.63, 3.8) is 0 Å². The van der Waals surface area contributed by atoms with Crippen LogP contribution in [0, 0.1) is 5.92 Å². The second-order valence-corrected chi connectivity index (χ2v) is 9.14. The summed E-state index contributed by atoms with van der Waals surface area (Å²) in [5, 5.41) is 2.78. The van der Waals surface area contributed by atoms with E-state index < -0.39 is 17.4 Å². The molecule has 1 aliphatic heterocycles. The molecule has 0 radical (unpaired) electrons. The fourth-order valence-electron chi connectivity index (χ4n) is 3.85. The maximum Gasteiger partial charge on any atom is 0.257 e. The van der Waals surface area contributed by atoms with E-state index in [2.05, 4.69) is 15.3 Å². The second-order valence-electron chi connectivity index (χ2n) is 9.14. The molecular weight excluding hydrogens is 442 g/mol. The van der Waals surface area contributed by atoms with E-state index >= 15 is 0 Å². The molecule has 7 nitrogen and oxygen atoms in total. The minimum Gasteiger partial charge on any atom is -0.492 e. The summed E-state index contributed by atoms with van der Waals surface area (Å²) >= 11 is 0. The van der Waals surface area contributed by atoms with Crippen LogP contribution in [0.2, 0.25) is 0 Å². The van der Waals surface area contributed by atoms with E-state index in [1.807, 2.05) is 13.8 Å². The van der Waals surface area contributed by atoms with Crippen molar-refractivity contribution in [2.45, 2.75) is 64.3 Å². The fourth-order valence-corrected chi connectivity index (χ4v) is 3.85. The fraction of sp³-hybridized carbons (Fsp3) is 0.560. The number of hydrogen-bond donors (Lipinski definition) is 2. The Balaban J connectivity index is 0.00000158. The number of alkyl halides is 2. The van der Waals surface area contributed by atoms with E-state index in [4.69, 9.17) is 4.74 Å². The van der Waals surface area contributed by atoms with Crippen molar-refractivity contribution in [1.82, 2.24) is 14.9 Å². The van der Waals surface area contributed by atoms with Crippen LogP contribution >= 0.6 is 0 Å². The zero-order valence-electron chi connectivity index (χ0n) is 20.2. The van der Waals surface area contributed by atoms with Crippen LogP contribution in [-0.2, 0) is 4.79 Å².